The largest absolute Gasteiger partial charge is 0.369 e. The molecule has 0 aromatic heterocycles. The van der Waals surface area contributed by atoms with Crippen molar-refractivity contribution in [3.05, 3.63) is 102 Å². The van der Waals surface area contributed by atoms with E-state index in [-0.39, 0.29) is 18.1 Å². The van der Waals surface area contributed by atoms with Crippen LogP contribution in [0.1, 0.15) is 17.5 Å². The highest BCUT2D eigenvalue weighted by Gasteiger charge is 2.40. The number of anilines is 1. The standard InChI is InChI=1S/C28H32N4O/c33-27-20-26(28(29-27)31-18-16-30(17-19-31)25-14-8-3-9-15-25)32(21-23-10-4-1-5-11-23)22-24-12-6-2-7-13-24/h1-15,26,28H,16-22H2,(H,29,33)/t26-,28+/m0/s1. The van der Waals surface area contributed by atoms with Crippen LogP contribution in [-0.4, -0.2) is 54.1 Å². The number of rotatable bonds is 7. The highest BCUT2D eigenvalue weighted by molar-refractivity contribution is 5.79. The minimum Gasteiger partial charge on any atom is -0.369 e. The molecule has 3 aromatic carbocycles. The number of nitrogens with zero attached hydrogens (tertiary/aromatic N) is 3. The van der Waals surface area contributed by atoms with E-state index >= 15 is 0 Å². The molecule has 0 aliphatic carbocycles. The first-order chi connectivity index (χ1) is 16.3. The first-order valence-electron chi connectivity index (χ1n) is 11.9. The molecule has 2 atom stereocenters. The second-order valence-corrected chi connectivity index (χ2v) is 9.02. The van der Waals surface area contributed by atoms with E-state index in [4.69, 9.17) is 0 Å². The van der Waals surface area contributed by atoms with Crippen LogP contribution in [-0.2, 0) is 17.9 Å². The summed E-state index contributed by atoms with van der Waals surface area (Å²) in [6, 6.07) is 31.9. The van der Waals surface area contributed by atoms with Gasteiger partial charge in [-0.15, -0.1) is 0 Å². The first-order valence-corrected chi connectivity index (χ1v) is 11.9. The molecule has 170 valence electrons. The molecule has 5 rings (SSSR count). The molecular weight excluding hydrogens is 408 g/mol. The summed E-state index contributed by atoms with van der Waals surface area (Å²) < 4.78 is 0. The Labute approximate surface area is 196 Å². The van der Waals surface area contributed by atoms with Crippen molar-refractivity contribution in [3.63, 3.8) is 0 Å². The summed E-state index contributed by atoms with van der Waals surface area (Å²) in [5, 5.41) is 3.31. The minimum atomic E-state index is 0.0443. The Bertz CT molecular complexity index is 978. The van der Waals surface area contributed by atoms with Gasteiger partial charge in [0.25, 0.3) is 0 Å². The van der Waals surface area contributed by atoms with Gasteiger partial charge in [-0.25, -0.2) is 0 Å². The molecule has 0 radical (unpaired) electrons. The second-order valence-electron chi connectivity index (χ2n) is 9.02. The molecule has 33 heavy (non-hydrogen) atoms. The number of hydrogen-bond donors (Lipinski definition) is 1. The van der Waals surface area contributed by atoms with Crippen molar-refractivity contribution < 1.29 is 4.79 Å². The van der Waals surface area contributed by atoms with Crippen LogP contribution < -0.4 is 10.2 Å². The lowest BCUT2D eigenvalue weighted by atomic mass is 10.1. The maximum Gasteiger partial charge on any atom is 0.222 e. The molecule has 2 fully saturated rings. The zero-order valence-corrected chi connectivity index (χ0v) is 19.0. The quantitative estimate of drug-likeness (QED) is 0.608. The van der Waals surface area contributed by atoms with E-state index in [1.807, 2.05) is 0 Å². The minimum absolute atomic E-state index is 0.0443. The number of nitrogens with one attached hydrogen (secondary N) is 1. The van der Waals surface area contributed by atoms with Gasteiger partial charge in [-0.2, -0.15) is 0 Å². The van der Waals surface area contributed by atoms with Crippen molar-refractivity contribution in [2.24, 2.45) is 0 Å². The van der Waals surface area contributed by atoms with Gasteiger partial charge < -0.3 is 10.2 Å². The Hall–Kier alpha value is -3.15. The molecule has 1 amide bonds. The van der Waals surface area contributed by atoms with Gasteiger partial charge in [0.05, 0.1) is 12.2 Å². The van der Waals surface area contributed by atoms with Crippen LogP contribution in [0.4, 0.5) is 5.69 Å². The van der Waals surface area contributed by atoms with Gasteiger partial charge in [0.15, 0.2) is 0 Å². The van der Waals surface area contributed by atoms with Crippen molar-refractivity contribution in [2.75, 3.05) is 31.1 Å². The third-order valence-corrected chi connectivity index (χ3v) is 6.82. The molecule has 2 heterocycles. The predicted molar refractivity (Wildman–Crippen MR) is 133 cm³/mol. The molecule has 5 heteroatoms. The van der Waals surface area contributed by atoms with Gasteiger partial charge in [-0.05, 0) is 23.3 Å². The maximum absolute atomic E-state index is 12.6. The lowest BCUT2D eigenvalue weighted by Crippen LogP contribution is -2.59. The van der Waals surface area contributed by atoms with Crippen molar-refractivity contribution in [1.29, 1.82) is 0 Å². The van der Waals surface area contributed by atoms with Gasteiger partial charge in [-0.1, -0.05) is 78.9 Å². The van der Waals surface area contributed by atoms with Crippen molar-refractivity contribution in [1.82, 2.24) is 15.1 Å². The fourth-order valence-electron chi connectivity index (χ4n) is 5.11. The molecule has 0 spiro atoms. The maximum atomic E-state index is 12.6. The van der Waals surface area contributed by atoms with Crippen molar-refractivity contribution >= 4 is 11.6 Å². The third kappa shape index (κ3) is 5.27. The van der Waals surface area contributed by atoms with E-state index in [2.05, 4.69) is 111 Å². The van der Waals surface area contributed by atoms with Crippen molar-refractivity contribution in [3.8, 4) is 0 Å². The molecule has 0 unspecified atom stereocenters. The van der Waals surface area contributed by atoms with E-state index in [1.165, 1.54) is 16.8 Å². The highest BCUT2D eigenvalue weighted by Crippen LogP contribution is 2.25. The van der Waals surface area contributed by atoms with E-state index in [0.29, 0.717) is 6.42 Å². The molecule has 0 bridgehead atoms. The number of benzene rings is 3. The van der Waals surface area contributed by atoms with Gasteiger partial charge in [0.2, 0.25) is 5.91 Å². The van der Waals surface area contributed by atoms with Gasteiger partial charge in [0.1, 0.15) is 0 Å². The average molecular weight is 441 g/mol. The lowest BCUT2D eigenvalue weighted by Gasteiger charge is -2.43. The number of piperazine rings is 1. The molecule has 1 N–H and O–H groups in total. The summed E-state index contributed by atoms with van der Waals surface area (Å²) in [5.41, 5.74) is 3.83. The zero-order chi connectivity index (χ0) is 22.5. The third-order valence-electron chi connectivity index (χ3n) is 6.82. The Morgan fingerprint density at radius 2 is 1.24 bits per heavy atom. The molecule has 2 saturated heterocycles. The molecule has 0 saturated carbocycles. The fraction of sp³-hybridized carbons (Fsp3) is 0.321. The summed E-state index contributed by atoms with van der Waals surface area (Å²) in [7, 11) is 0. The van der Waals surface area contributed by atoms with Crippen LogP contribution in [0.25, 0.3) is 0 Å². The van der Waals surface area contributed by atoms with Crippen LogP contribution >= 0.6 is 0 Å². The predicted octanol–water partition coefficient (Wildman–Crippen LogP) is 3.73. The average Bonchev–Trinajstić information content (AvgIpc) is 3.27. The number of hydrogen-bond acceptors (Lipinski definition) is 4. The number of carbonyl (C=O) groups is 1. The Kier molecular flexibility index (Phi) is 6.70. The molecule has 3 aromatic rings. The Morgan fingerprint density at radius 1 is 0.727 bits per heavy atom. The van der Waals surface area contributed by atoms with Crippen LogP contribution in [0.15, 0.2) is 91.0 Å². The lowest BCUT2D eigenvalue weighted by molar-refractivity contribution is -0.120. The van der Waals surface area contributed by atoms with Crippen LogP contribution in [0.3, 0.4) is 0 Å². The van der Waals surface area contributed by atoms with Gasteiger partial charge in [0, 0.05) is 51.4 Å². The zero-order valence-electron chi connectivity index (χ0n) is 19.0. The van der Waals surface area contributed by atoms with Gasteiger partial charge in [-0.3, -0.25) is 14.6 Å². The number of amides is 1. The van der Waals surface area contributed by atoms with E-state index in [0.717, 1.165) is 39.3 Å². The normalized spacial score (nSPS) is 21.4. The molecule has 2 aliphatic heterocycles. The summed E-state index contributed by atoms with van der Waals surface area (Å²) in [4.78, 5) is 20.0. The highest BCUT2D eigenvalue weighted by atomic mass is 16.2. The molecule has 5 nitrogen and oxygen atoms in total. The summed E-state index contributed by atoms with van der Waals surface area (Å²) >= 11 is 0. The molecule has 2 aliphatic rings. The first kappa shape index (κ1) is 21.7. The van der Waals surface area contributed by atoms with E-state index in [1.54, 1.807) is 0 Å². The molecular formula is C28H32N4O. The Balaban J connectivity index is 1.33. The number of carbonyl (C=O) groups excluding carboxylic acids is 1. The Morgan fingerprint density at radius 3 is 1.79 bits per heavy atom. The fourth-order valence-corrected chi connectivity index (χ4v) is 5.11. The van der Waals surface area contributed by atoms with Crippen molar-refractivity contribution in [2.45, 2.75) is 31.7 Å². The number of para-hydroxylation sites is 1. The summed E-state index contributed by atoms with van der Waals surface area (Å²) in [5.74, 6) is 0.154. The summed E-state index contributed by atoms with van der Waals surface area (Å²) in [6.07, 6.45) is 0.589. The van der Waals surface area contributed by atoms with Crippen LogP contribution in [0, 0.1) is 0 Å². The monoisotopic (exact) mass is 440 g/mol. The topological polar surface area (TPSA) is 38.8 Å². The van der Waals surface area contributed by atoms with Crippen LogP contribution in [0.2, 0.25) is 0 Å². The van der Waals surface area contributed by atoms with Crippen LogP contribution in [0.5, 0.6) is 0 Å². The van der Waals surface area contributed by atoms with E-state index in [9.17, 15) is 4.79 Å². The smallest absolute Gasteiger partial charge is 0.222 e. The SMILES string of the molecule is O=C1C[C@H](N(Cc2ccccc2)Cc2ccccc2)[C@@H](N2CCN(c3ccccc3)CC2)N1. The summed E-state index contributed by atoms with van der Waals surface area (Å²) in [6.45, 7) is 5.49. The second kappa shape index (κ2) is 10.2. The van der Waals surface area contributed by atoms with E-state index < -0.39 is 0 Å². The van der Waals surface area contributed by atoms with Gasteiger partial charge >= 0.3 is 0 Å².